The first-order valence-corrected chi connectivity index (χ1v) is 4.57. The molecule has 1 aromatic heterocycles. The van der Waals surface area contributed by atoms with Crippen LogP contribution in [0.1, 0.15) is 18.6 Å². The number of nitrogens with two attached hydrogens (primary N) is 1. The van der Waals surface area contributed by atoms with Crippen LogP contribution in [0.25, 0.3) is 5.57 Å². The van der Waals surface area contributed by atoms with Gasteiger partial charge >= 0.3 is 0 Å². The quantitative estimate of drug-likeness (QED) is 0.601. The van der Waals surface area contributed by atoms with Gasteiger partial charge in [0.15, 0.2) is 5.82 Å². The van der Waals surface area contributed by atoms with E-state index in [4.69, 9.17) is 10.3 Å². The monoisotopic (exact) mass is 205 g/mol. The number of hydrogen-bond acceptors (Lipinski definition) is 4. The zero-order valence-electron chi connectivity index (χ0n) is 9.03. The first kappa shape index (κ1) is 11.4. The fraction of sp³-hybridized carbons (Fsp3) is 0.273. The average Bonchev–Trinajstić information content (AvgIpc) is 2.61. The molecule has 4 nitrogen and oxygen atoms in total. The van der Waals surface area contributed by atoms with E-state index in [0.717, 1.165) is 0 Å². The summed E-state index contributed by atoms with van der Waals surface area (Å²) in [4.78, 5) is 4.09. The fourth-order valence-electron chi connectivity index (χ4n) is 1.02. The summed E-state index contributed by atoms with van der Waals surface area (Å²) in [5.74, 6) is 0.996. The molecular weight excluding hydrogens is 190 g/mol. The molecule has 0 aromatic carbocycles. The highest BCUT2D eigenvalue weighted by Crippen LogP contribution is 2.17. The molecule has 0 saturated heterocycles. The lowest BCUT2D eigenvalue weighted by Crippen LogP contribution is -2.30. The van der Waals surface area contributed by atoms with E-state index in [-0.39, 0.29) is 0 Å². The van der Waals surface area contributed by atoms with Crippen LogP contribution < -0.4 is 5.73 Å². The summed E-state index contributed by atoms with van der Waals surface area (Å²) < 4.78 is 5.02. The summed E-state index contributed by atoms with van der Waals surface area (Å²) in [6, 6.07) is 0. The van der Waals surface area contributed by atoms with Crippen LogP contribution in [0.2, 0.25) is 0 Å². The Bertz CT molecular complexity index is 402. The van der Waals surface area contributed by atoms with Crippen molar-refractivity contribution >= 4 is 5.57 Å². The maximum atomic E-state index is 5.90. The van der Waals surface area contributed by atoms with Crippen molar-refractivity contribution < 1.29 is 4.52 Å². The molecule has 1 aromatic rings. The Morgan fingerprint density at radius 1 is 1.53 bits per heavy atom. The number of aromatic nitrogens is 2. The lowest BCUT2D eigenvalue weighted by molar-refractivity contribution is 0.403. The molecule has 1 rings (SSSR count). The second-order valence-electron chi connectivity index (χ2n) is 3.52. The van der Waals surface area contributed by atoms with Gasteiger partial charge in [-0.2, -0.15) is 4.98 Å². The molecule has 0 spiro atoms. The number of rotatable bonds is 4. The molecule has 0 saturated carbocycles. The number of aryl methyl sites for hydroxylation is 1. The van der Waals surface area contributed by atoms with E-state index < -0.39 is 5.54 Å². The molecule has 0 radical (unpaired) electrons. The summed E-state index contributed by atoms with van der Waals surface area (Å²) in [6.07, 6.45) is 5.04. The number of allylic oxidation sites excluding steroid dienone is 2. The Labute approximate surface area is 89.2 Å². The van der Waals surface area contributed by atoms with Crippen LogP contribution in [0.4, 0.5) is 0 Å². The molecule has 0 fully saturated rings. The lowest BCUT2D eigenvalue weighted by Gasteiger charge is -2.14. The van der Waals surface area contributed by atoms with E-state index in [9.17, 15) is 0 Å². The smallest absolute Gasteiger partial charge is 0.257 e. The highest BCUT2D eigenvalue weighted by molar-refractivity contribution is 5.69. The molecule has 15 heavy (non-hydrogen) atoms. The minimum absolute atomic E-state index is 0.418. The third-order valence-corrected chi connectivity index (χ3v) is 1.90. The lowest BCUT2D eigenvalue weighted by atomic mass is 10.0. The third-order valence-electron chi connectivity index (χ3n) is 1.90. The highest BCUT2D eigenvalue weighted by atomic mass is 16.5. The van der Waals surface area contributed by atoms with Crippen molar-refractivity contribution in [1.82, 2.24) is 10.1 Å². The molecule has 1 heterocycles. The largest absolute Gasteiger partial charge is 0.334 e. The molecule has 0 amide bonds. The zero-order valence-corrected chi connectivity index (χ0v) is 9.03. The fourth-order valence-corrected chi connectivity index (χ4v) is 1.02. The van der Waals surface area contributed by atoms with Crippen molar-refractivity contribution in [1.29, 1.82) is 0 Å². The summed E-state index contributed by atoms with van der Waals surface area (Å²) in [5.41, 5.74) is 5.99. The molecule has 2 N–H and O–H groups in total. The Morgan fingerprint density at radius 3 is 2.60 bits per heavy atom. The summed E-state index contributed by atoms with van der Waals surface area (Å²) in [5, 5.41) is 3.70. The van der Waals surface area contributed by atoms with Crippen LogP contribution in [0.15, 0.2) is 35.9 Å². The molecular formula is C11H15N3O. The Kier molecular flexibility index (Phi) is 3.21. The van der Waals surface area contributed by atoms with E-state index in [0.29, 0.717) is 17.3 Å². The predicted molar refractivity (Wildman–Crippen MR) is 60.0 cm³/mol. The van der Waals surface area contributed by atoms with Crippen LogP contribution in [0.5, 0.6) is 0 Å². The third kappa shape index (κ3) is 2.89. The second-order valence-corrected chi connectivity index (χ2v) is 3.52. The van der Waals surface area contributed by atoms with Crippen LogP contribution in [0, 0.1) is 6.92 Å². The maximum Gasteiger partial charge on any atom is 0.257 e. The van der Waals surface area contributed by atoms with E-state index >= 15 is 0 Å². The van der Waals surface area contributed by atoms with Gasteiger partial charge in [-0.1, -0.05) is 23.9 Å². The standard InChI is InChI=1S/C11H15N3O/c1-5-9(7-11(4,12)6-2)10-13-8(3)14-15-10/h5-7H,1-2,12H2,3-4H3/b9-7+. The van der Waals surface area contributed by atoms with Crippen LogP contribution in [0.3, 0.4) is 0 Å². The predicted octanol–water partition coefficient (Wildman–Crippen LogP) is 1.85. The molecule has 4 heteroatoms. The van der Waals surface area contributed by atoms with Gasteiger partial charge in [-0.05, 0) is 19.9 Å². The maximum absolute atomic E-state index is 5.90. The summed E-state index contributed by atoms with van der Waals surface area (Å²) in [6.45, 7) is 10.9. The van der Waals surface area contributed by atoms with Gasteiger partial charge in [0.05, 0.1) is 5.54 Å². The molecule has 1 atom stereocenters. The normalized spacial score (nSPS) is 15.8. The molecule has 80 valence electrons. The van der Waals surface area contributed by atoms with Gasteiger partial charge in [0.1, 0.15) is 0 Å². The molecule has 0 aliphatic heterocycles. The molecule has 0 bridgehead atoms. The van der Waals surface area contributed by atoms with E-state index in [1.165, 1.54) is 0 Å². The van der Waals surface area contributed by atoms with Crippen molar-refractivity contribution in [3.63, 3.8) is 0 Å². The minimum Gasteiger partial charge on any atom is -0.334 e. The number of nitrogens with zero attached hydrogens (tertiary/aromatic N) is 2. The second kappa shape index (κ2) is 4.23. The van der Waals surface area contributed by atoms with Crippen molar-refractivity contribution in [2.75, 3.05) is 0 Å². The van der Waals surface area contributed by atoms with Crippen molar-refractivity contribution in [2.45, 2.75) is 19.4 Å². The highest BCUT2D eigenvalue weighted by Gasteiger charge is 2.14. The van der Waals surface area contributed by atoms with Gasteiger partial charge in [-0.15, -0.1) is 6.58 Å². The van der Waals surface area contributed by atoms with Crippen molar-refractivity contribution in [3.8, 4) is 0 Å². The first-order chi connectivity index (χ1) is 6.98. The zero-order chi connectivity index (χ0) is 11.5. The van der Waals surface area contributed by atoms with Crippen molar-refractivity contribution in [3.05, 3.63) is 43.1 Å². The van der Waals surface area contributed by atoms with Crippen LogP contribution in [-0.4, -0.2) is 15.7 Å². The molecule has 1 unspecified atom stereocenters. The average molecular weight is 205 g/mol. The van der Waals surface area contributed by atoms with Crippen molar-refractivity contribution in [2.24, 2.45) is 5.73 Å². The van der Waals surface area contributed by atoms with Gasteiger partial charge in [0, 0.05) is 5.57 Å². The van der Waals surface area contributed by atoms with E-state index in [2.05, 4.69) is 23.3 Å². The van der Waals surface area contributed by atoms with Gasteiger partial charge in [0.2, 0.25) is 0 Å². The summed E-state index contributed by atoms with van der Waals surface area (Å²) >= 11 is 0. The summed E-state index contributed by atoms with van der Waals surface area (Å²) in [7, 11) is 0. The Morgan fingerprint density at radius 2 is 2.20 bits per heavy atom. The van der Waals surface area contributed by atoms with Crippen LogP contribution >= 0.6 is 0 Å². The minimum atomic E-state index is -0.619. The molecule has 0 aliphatic carbocycles. The van der Waals surface area contributed by atoms with E-state index in [1.54, 1.807) is 25.2 Å². The SMILES string of the molecule is C=C/C(=C\C(C)(N)C=C)c1nc(C)no1. The Balaban J connectivity index is 3.09. The van der Waals surface area contributed by atoms with Gasteiger partial charge in [-0.25, -0.2) is 0 Å². The Hall–Kier alpha value is -1.68. The number of hydrogen-bond donors (Lipinski definition) is 1. The van der Waals surface area contributed by atoms with E-state index in [1.807, 2.05) is 6.92 Å². The first-order valence-electron chi connectivity index (χ1n) is 4.57. The van der Waals surface area contributed by atoms with Gasteiger partial charge < -0.3 is 10.3 Å². The van der Waals surface area contributed by atoms with Gasteiger partial charge in [0.25, 0.3) is 5.89 Å². The topological polar surface area (TPSA) is 64.9 Å². The van der Waals surface area contributed by atoms with Gasteiger partial charge in [-0.3, -0.25) is 0 Å². The van der Waals surface area contributed by atoms with Crippen LogP contribution in [-0.2, 0) is 0 Å². The molecule has 0 aliphatic rings.